The van der Waals surface area contributed by atoms with Gasteiger partial charge in [-0.3, -0.25) is 9.69 Å². The number of rotatable bonds is 5. The summed E-state index contributed by atoms with van der Waals surface area (Å²) in [7, 11) is 3.47. The lowest BCUT2D eigenvalue weighted by molar-refractivity contribution is 0.0747. The van der Waals surface area contributed by atoms with Crippen molar-refractivity contribution >= 4 is 23.4 Å². The number of likely N-dealkylation sites (tertiary alicyclic amines) is 1. The molecule has 1 aliphatic rings. The minimum atomic E-state index is -0.327. The molecule has 2 aromatic carbocycles. The van der Waals surface area contributed by atoms with E-state index in [0.717, 1.165) is 31.5 Å². The van der Waals surface area contributed by atoms with Crippen LogP contribution in [0.5, 0.6) is 0 Å². The van der Waals surface area contributed by atoms with Crippen LogP contribution in [0.25, 0.3) is 0 Å². The van der Waals surface area contributed by atoms with E-state index in [9.17, 15) is 9.59 Å². The number of nitrogens with two attached hydrogens (primary N) is 1. The van der Waals surface area contributed by atoms with Crippen LogP contribution in [0.3, 0.4) is 0 Å². The molecule has 1 saturated heterocycles. The molecule has 1 fully saturated rings. The molecule has 0 aliphatic carbocycles. The van der Waals surface area contributed by atoms with Gasteiger partial charge in [-0.1, -0.05) is 24.3 Å². The van der Waals surface area contributed by atoms with Gasteiger partial charge in [0.05, 0.1) is 18.5 Å². The third kappa shape index (κ3) is 5.26. The van der Waals surface area contributed by atoms with Crippen LogP contribution >= 0.6 is 0 Å². The minimum absolute atomic E-state index is 0.116. The van der Waals surface area contributed by atoms with Crippen molar-refractivity contribution in [2.75, 3.05) is 38.3 Å². The van der Waals surface area contributed by atoms with Crippen LogP contribution in [0.4, 0.5) is 16.2 Å². The second kappa shape index (κ2) is 9.43. The number of methoxy groups -OCH3 is 1. The Morgan fingerprint density at radius 1 is 1.21 bits per heavy atom. The molecule has 2 aromatic rings. The summed E-state index contributed by atoms with van der Waals surface area (Å²) < 4.78 is 5.01. The minimum Gasteiger partial charge on any atom is -0.453 e. The van der Waals surface area contributed by atoms with E-state index in [1.807, 2.05) is 24.3 Å². The van der Waals surface area contributed by atoms with Gasteiger partial charge in [-0.2, -0.15) is 0 Å². The van der Waals surface area contributed by atoms with E-state index in [1.54, 1.807) is 29.2 Å². The Hall–Kier alpha value is -3.06. The standard InChI is InChI=1S/C22H28N4O3/c1-25-13-5-6-18(15-25)26(22(28)29-2)14-16-9-11-17(12-10-16)21(27)24-20-8-4-3-7-19(20)23/h3-4,7-12,18H,5-6,13-15,23H2,1-2H3,(H,24,27). The first-order valence-corrected chi connectivity index (χ1v) is 9.76. The van der Waals surface area contributed by atoms with Gasteiger partial charge in [-0.05, 0) is 56.3 Å². The molecule has 7 nitrogen and oxygen atoms in total. The Morgan fingerprint density at radius 2 is 1.93 bits per heavy atom. The zero-order valence-electron chi connectivity index (χ0n) is 16.9. The normalized spacial score (nSPS) is 16.8. The van der Waals surface area contributed by atoms with Crippen LogP contribution in [0.15, 0.2) is 48.5 Å². The number of nitrogens with one attached hydrogen (secondary N) is 1. The Bertz CT molecular complexity index is 853. The molecule has 1 atom stereocenters. The zero-order chi connectivity index (χ0) is 20.8. The number of anilines is 2. The van der Waals surface area contributed by atoms with Gasteiger partial charge in [-0.15, -0.1) is 0 Å². The summed E-state index contributed by atoms with van der Waals surface area (Å²) in [6.07, 6.45) is 1.68. The van der Waals surface area contributed by atoms with Crippen LogP contribution in [-0.2, 0) is 11.3 Å². The largest absolute Gasteiger partial charge is 0.453 e. The first-order valence-electron chi connectivity index (χ1n) is 9.76. The Labute approximate surface area is 171 Å². The van der Waals surface area contributed by atoms with Crippen LogP contribution in [-0.4, -0.2) is 55.1 Å². The molecule has 1 unspecified atom stereocenters. The average molecular weight is 396 g/mol. The van der Waals surface area contributed by atoms with Crippen molar-refractivity contribution in [3.8, 4) is 0 Å². The summed E-state index contributed by atoms with van der Waals surface area (Å²) in [6, 6.07) is 14.5. The number of carbonyl (C=O) groups is 2. The third-order valence-electron chi connectivity index (χ3n) is 5.23. The second-order valence-corrected chi connectivity index (χ2v) is 7.39. The van der Waals surface area contributed by atoms with Gasteiger partial charge < -0.3 is 20.7 Å². The van der Waals surface area contributed by atoms with Gasteiger partial charge in [0.15, 0.2) is 0 Å². The topological polar surface area (TPSA) is 87.9 Å². The molecule has 0 saturated carbocycles. The van der Waals surface area contributed by atoms with Crippen molar-refractivity contribution in [2.24, 2.45) is 0 Å². The maximum absolute atomic E-state index is 12.5. The number of likely N-dealkylation sites (N-methyl/N-ethyl adjacent to an activating group) is 1. The average Bonchev–Trinajstić information content (AvgIpc) is 2.73. The number of nitrogens with zero attached hydrogens (tertiary/aromatic N) is 2. The van der Waals surface area contributed by atoms with Gasteiger partial charge in [0, 0.05) is 24.7 Å². The maximum atomic E-state index is 12.5. The fourth-order valence-electron chi connectivity index (χ4n) is 3.62. The van der Waals surface area contributed by atoms with E-state index >= 15 is 0 Å². The first-order chi connectivity index (χ1) is 14.0. The highest BCUT2D eigenvalue weighted by Crippen LogP contribution is 2.20. The van der Waals surface area contributed by atoms with Gasteiger partial charge in [0.2, 0.25) is 0 Å². The van der Waals surface area contributed by atoms with Gasteiger partial charge in [0.1, 0.15) is 0 Å². The third-order valence-corrected chi connectivity index (χ3v) is 5.23. The van der Waals surface area contributed by atoms with Crippen molar-refractivity contribution in [1.82, 2.24) is 9.80 Å². The number of piperidine rings is 1. The summed E-state index contributed by atoms with van der Waals surface area (Å²) >= 11 is 0. The van der Waals surface area contributed by atoms with Gasteiger partial charge in [0.25, 0.3) is 5.91 Å². The lowest BCUT2D eigenvalue weighted by atomic mass is 10.0. The molecule has 0 radical (unpaired) electrons. The Morgan fingerprint density at radius 3 is 2.59 bits per heavy atom. The van der Waals surface area contributed by atoms with Crippen LogP contribution < -0.4 is 11.1 Å². The predicted molar refractivity (Wildman–Crippen MR) is 114 cm³/mol. The summed E-state index contributed by atoms with van der Waals surface area (Å²) in [6.45, 7) is 2.31. The summed E-state index contributed by atoms with van der Waals surface area (Å²) in [4.78, 5) is 28.8. The highest BCUT2D eigenvalue weighted by Gasteiger charge is 2.28. The molecule has 0 bridgehead atoms. The maximum Gasteiger partial charge on any atom is 0.410 e. The summed E-state index contributed by atoms with van der Waals surface area (Å²) in [5, 5.41) is 2.82. The van der Waals surface area contributed by atoms with E-state index in [1.165, 1.54) is 7.11 Å². The molecular weight excluding hydrogens is 368 g/mol. The first kappa shape index (κ1) is 20.7. The van der Waals surface area contributed by atoms with E-state index < -0.39 is 0 Å². The molecule has 29 heavy (non-hydrogen) atoms. The lowest BCUT2D eigenvalue weighted by Gasteiger charge is -2.37. The molecule has 0 aromatic heterocycles. The van der Waals surface area contributed by atoms with Crippen molar-refractivity contribution in [1.29, 1.82) is 0 Å². The van der Waals surface area contributed by atoms with E-state index in [-0.39, 0.29) is 18.0 Å². The Balaban J connectivity index is 1.68. The molecule has 3 N–H and O–H groups in total. The summed E-state index contributed by atoms with van der Waals surface area (Å²) in [5.74, 6) is -0.229. The fourth-order valence-corrected chi connectivity index (χ4v) is 3.62. The van der Waals surface area contributed by atoms with Crippen molar-refractivity contribution in [2.45, 2.75) is 25.4 Å². The number of benzene rings is 2. The SMILES string of the molecule is COC(=O)N(Cc1ccc(C(=O)Nc2ccccc2N)cc1)C1CCCN(C)C1. The van der Waals surface area contributed by atoms with Crippen molar-refractivity contribution in [3.05, 3.63) is 59.7 Å². The number of amides is 2. The van der Waals surface area contributed by atoms with Crippen molar-refractivity contribution < 1.29 is 14.3 Å². The number of carbonyl (C=O) groups excluding carboxylic acids is 2. The number of hydrogen-bond donors (Lipinski definition) is 2. The number of ether oxygens (including phenoxy) is 1. The fraction of sp³-hybridized carbons (Fsp3) is 0.364. The second-order valence-electron chi connectivity index (χ2n) is 7.39. The molecule has 7 heteroatoms. The zero-order valence-corrected chi connectivity index (χ0v) is 16.9. The molecular formula is C22H28N4O3. The number of para-hydroxylation sites is 2. The molecule has 3 rings (SSSR count). The highest BCUT2D eigenvalue weighted by atomic mass is 16.5. The smallest absolute Gasteiger partial charge is 0.410 e. The van der Waals surface area contributed by atoms with E-state index in [4.69, 9.17) is 10.5 Å². The monoisotopic (exact) mass is 396 g/mol. The van der Waals surface area contributed by atoms with Crippen LogP contribution in [0.2, 0.25) is 0 Å². The van der Waals surface area contributed by atoms with E-state index in [0.29, 0.717) is 23.5 Å². The summed E-state index contributed by atoms with van der Waals surface area (Å²) in [5.41, 5.74) is 8.45. The lowest BCUT2D eigenvalue weighted by Crippen LogP contribution is -2.48. The van der Waals surface area contributed by atoms with Gasteiger partial charge in [-0.25, -0.2) is 4.79 Å². The molecule has 1 heterocycles. The Kier molecular flexibility index (Phi) is 6.72. The van der Waals surface area contributed by atoms with Gasteiger partial charge >= 0.3 is 6.09 Å². The molecule has 154 valence electrons. The molecule has 1 aliphatic heterocycles. The number of hydrogen-bond acceptors (Lipinski definition) is 5. The van der Waals surface area contributed by atoms with Crippen LogP contribution in [0, 0.1) is 0 Å². The van der Waals surface area contributed by atoms with Crippen molar-refractivity contribution in [3.63, 3.8) is 0 Å². The molecule has 0 spiro atoms. The number of nitrogen functional groups attached to an aromatic ring is 1. The highest BCUT2D eigenvalue weighted by molar-refractivity contribution is 6.05. The molecule has 2 amide bonds. The van der Waals surface area contributed by atoms with E-state index in [2.05, 4.69) is 17.3 Å². The quantitative estimate of drug-likeness (QED) is 0.758. The predicted octanol–water partition coefficient (Wildman–Crippen LogP) is 3.18. The van der Waals surface area contributed by atoms with Crippen LogP contribution in [0.1, 0.15) is 28.8 Å².